The van der Waals surface area contributed by atoms with E-state index in [2.05, 4.69) is 35.4 Å². The highest BCUT2D eigenvalue weighted by Gasteiger charge is 2.43. The van der Waals surface area contributed by atoms with Gasteiger partial charge in [-0.25, -0.2) is 9.97 Å². The number of benzene rings is 2. The number of nitrogens with zero attached hydrogens (tertiary/aromatic N) is 2. The quantitative estimate of drug-likeness (QED) is 0.299. The second-order valence-corrected chi connectivity index (χ2v) is 8.51. The maximum Gasteiger partial charge on any atom is 0.586 e. The van der Waals surface area contributed by atoms with Crippen molar-refractivity contribution in [3.05, 3.63) is 83.0 Å². The Bertz CT molecular complexity index is 1400. The number of carbonyl (C=O) groups is 1. The Morgan fingerprint density at radius 3 is 2.74 bits per heavy atom. The molecule has 5 rings (SSSR count). The van der Waals surface area contributed by atoms with E-state index in [-0.39, 0.29) is 11.5 Å². The van der Waals surface area contributed by atoms with Gasteiger partial charge in [0.15, 0.2) is 16.6 Å². The van der Waals surface area contributed by atoms with Gasteiger partial charge in [0.1, 0.15) is 5.82 Å². The zero-order valence-corrected chi connectivity index (χ0v) is 19.2. The molecule has 8 nitrogen and oxygen atoms in total. The molecule has 0 bridgehead atoms. The Hall–Kier alpha value is -4.25. The first-order chi connectivity index (χ1) is 16.8. The summed E-state index contributed by atoms with van der Waals surface area (Å²) in [5.41, 5.74) is 3.18. The summed E-state index contributed by atoms with van der Waals surface area (Å²) in [5, 5.41) is 11.9. The number of carbonyl (C=O) groups excluding carboxylic acids is 1. The van der Waals surface area contributed by atoms with Crippen LogP contribution in [0.25, 0.3) is 0 Å². The molecule has 1 aliphatic heterocycles. The van der Waals surface area contributed by atoms with Crippen LogP contribution in [0.15, 0.2) is 66.2 Å². The number of ether oxygens (including phenoxy) is 2. The monoisotopic (exact) mass is 495 g/mol. The fraction of sp³-hybridized carbons (Fsp3) is 0.125. The molecule has 0 spiro atoms. The molecule has 11 heteroatoms. The number of halogens is 2. The number of alkyl halides is 2. The lowest BCUT2D eigenvalue weighted by molar-refractivity contribution is -0.286. The molecule has 0 radical (unpaired) electrons. The van der Waals surface area contributed by atoms with Crippen LogP contribution < -0.4 is 25.4 Å². The van der Waals surface area contributed by atoms with Crippen molar-refractivity contribution in [2.45, 2.75) is 19.8 Å². The summed E-state index contributed by atoms with van der Waals surface area (Å²) in [6.45, 7) is 2.37. The zero-order chi connectivity index (χ0) is 24.4. The summed E-state index contributed by atoms with van der Waals surface area (Å²) in [4.78, 5) is 21.6. The summed E-state index contributed by atoms with van der Waals surface area (Å²) in [6, 6.07) is 14.9. The van der Waals surface area contributed by atoms with Crippen LogP contribution >= 0.6 is 11.3 Å². The van der Waals surface area contributed by atoms with Gasteiger partial charge in [-0.3, -0.25) is 4.79 Å². The summed E-state index contributed by atoms with van der Waals surface area (Å²) in [5.74, 6) is 0.0218. The smallest absolute Gasteiger partial charge is 0.395 e. The summed E-state index contributed by atoms with van der Waals surface area (Å²) >= 11 is 1.50. The van der Waals surface area contributed by atoms with Gasteiger partial charge in [0.2, 0.25) is 0 Å². The average molecular weight is 496 g/mol. The maximum absolute atomic E-state index is 13.3. The predicted molar refractivity (Wildman–Crippen MR) is 129 cm³/mol. The molecule has 0 fully saturated rings. The first-order valence-electron chi connectivity index (χ1n) is 10.5. The highest BCUT2D eigenvalue weighted by molar-refractivity contribution is 7.13. The fourth-order valence-corrected chi connectivity index (χ4v) is 4.13. The van der Waals surface area contributed by atoms with E-state index in [0.717, 1.165) is 16.4 Å². The molecule has 1 aliphatic rings. The number of para-hydroxylation sites is 1. The number of fused-ring (bicyclic) bond motifs is 1. The second kappa shape index (κ2) is 9.18. The number of aryl methyl sites for hydroxylation is 1. The summed E-state index contributed by atoms with van der Waals surface area (Å²) in [6.07, 6.45) is -2.02. The van der Waals surface area contributed by atoms with Gasteiger partial charge < -0.3 is 25.4 Å². The average Bonchev–Trinajstić information content (AvgIpc) is 3.38. The lowest BCUT2D eigenvalue weighted by Gasteiger charge is -2.13. The second-order valence-electron chi connectivity index (χ2n) is 7.65. The number of rotatable bonds is 7. The Balaban J connectivity index is 1.26. The van der Waals surface area contributed by atoms with Crippen molar-refractivity contribution in [3.63, 3.8) is 0 Å². The highest BCUT2D eigenvalue weighted by atomic mass is 32.1. The summed E-state index contributed by atoms with van der Waals surface area (Å²) < 4.78 is 35.4. The Labute approximate surface area is 203 Å². The standard InChI is InChI=1S/C24H19F2N5O3S/c1-14-13-35-23(29-14)31-21-10-15(8-9-27-21)12-28-18-5-3-2-4-17(18)22(32)30-16-6-7-19-20(11-16)34-24(25,26)33-19/h2-11,13,28H,12H2,1H3,(H,30,32)(H,27,29,31). The molecular weight excluding hydrogens is 476 g/mol. The van der Waals surface area contributed by atoms with Gasteiger partial charge in [-0.05, 0) is 48.9 Å². The number of hydrogen-bond donors (Lipinski definition) is 3. The fourth-order valence-electron chi connectivity index (χ4n) is 3.43. The van der Waals surface area contributed by atoms with Gasteiger partial charge in [0.05, 0.1) is 11.3 Å². The Kier molecular flexibility index (Phi) is 5.91. The summed E-state index contributed by atoms with van der Waals surface area (Å²) in [7, 11) is 0. The molecule has 0 saturated carbocycles. The van der Waals surface area contributed by atoms with Crippen LogP contribution in [0.3, 0.4) is 0 Å². The predicted octanol–water partition coefficient (Wildman–Crippen LogP) is 5.78. The minimum atomic E-state index is -3.72. The van der Waals surface area contributed by atoms with E-state index in [0.29, 0.717) is 29.3 Å². The molecule has 4 aromatic rings. The molecule has 2 aromatic heterocycles. The van der Waals surface area contributed by atoms with Gasteiger partial charge >= 0.3 is 6.29 Å². The highest BCUT2D eigenvalue weighted by Crippen LogP contribution is 2.42. The van der Waals surface area contributed by atoms with Crippen LogP contribution in [0.1, 0.15) is 21.6 Å². The largest absolute Gasteiger partial charge is 0.586 e. The molecule has 3 heterocycles. The Morgan fingerprint density at radius 2 is 1.91 bits per heavy atom. The van der Waals surface area contributed by atoms with Crippen molar-refractivity contribution in [2.24, 2.45) is 0 Å². The van der Waals surface area contributed by atoms with Crippen LogP contribution in [0.2, 0.25) is 0 Å². The van der Waals surface area contributed by atoms with Crippen molar-refractivity contribution < 1.29 is 23.0 Å². The molecule has 1 amide bonds. The molecule has 178 valence electrons. The molecular formula is C24H19F2N5O3S. The van der Waals surface area contributed by atoms with Crippen LogP contribution in [0.5, 0.6) is 11.5 Å². The normalized spacial score (nSPS) is 13.3. The van der Waals surface area contributed by atoms with Crippen molar-refractivity contribution in [1.29, 1.82) is 0 Å². The Morgan fingerprint density at radius 1 is 1.09 bits per heavy atom. The number of thiazole rings is 1. The maximum atomic E-state index is 13.3. The van der Waals surface area contributed by atoms with E-state index < -0.39 is 12.2 Å². The lowest BCUT2D eigenvalue weighted by Crippen LogP contribution is -2.25. The lowest BCUT2D eigenvalue weighted by atomic mass is 10.1. The first kappa shape index (κ1) is 22.5. The third-order valence-corrected chi connectivity index (χ3v) is 5.87. The topological polar surface area (TPSA) is 97.4 Å². The van der Waals surface area contributed by atoms with Gasteiger partial charge in [0.25, 0.3) is 5.91 Å². The van der Waals surface area contributed by atoms with Crippen LogP contribution in [-0.4, -0.2) is 22.2 Å². The van der Waals surface area contributed by atoms with Gasteiger partial charge in [0, 0.05) is 35.6 Å². The van der Waals surface area contributed by atoms with E-state index in [1.54, 1.807) is 24.4 Å². The SMILES string of the molecule is Cc1csc(Nc2cc(CNc3ccccc3C(=O)Nc3ccc4c(c3)OC(F)(F)O4)ccn2)n1. The number of amides is 1. The molecule has 0 aliphatic carbocycles. The third kappa shape index (κ3) is 5.30. The minimum absolute atomic E-state index is 0.0914. The van der Waals surface area contributed by atoms with Crippen molar-refractivity contribution in [3.8, 4) is 11.5 Å². The van der Waals surface area contributed by atoms with Crippen molar-refractivity contribution >= 4 is 39.6 Å². The van der Waals surface area contributed by atoms with E-state index in [1.807, 2.05) is 30.5 Å². The number of aromatic nitrogens is 2. The zero-order valence-electron chi connectivity index (χ0n) is 18.3. The van der Waals surface area contributed by atoms with Crippen LogP contribution in [-0.2, 0) is 6.54 Å². The molecule has 35 heavy (non-hydrogen) atoms. The number of anilines is 4. The van der Waals surface area contributed by atoms with Crippen molar-refractivity contribution in [1.82, 2.24) is 9.97 Å². The molecule has 2 aromatic carbocycles. The third-order valence-electron chi connectivity index (χ3n) is 4.99. The van der Waals surface area contributed by atoms with Crippen LogP contribution in [0.4, 0.5) is 31.1 Å². The van der Waals surface area contributed by atoms with E-state index in [1.165, 1.54) is 29.5 Å². The van der Waals surface area contributed by atoms with E-state index in [9.17, 15) is 13.6 Å². The first-order valence-corrected chi connectivity index (χ1v) is 11.4. The number of hydrogen-bond acceptors (Lipinski definition) is 8. The van der Waals surface area contributed by atoms with Gasteiger partial charge in [-0.15, -0.1) is 20.1 Å². The number of nitrogens with one attached hydrogen (secondary N) is 3. The van der Waals surface area contributed by atoms with E-state index >= 15 is 0 Å². The van der Waals surface area contributed by atoms with Gasteiger partial charge in [-0.1, -0.05) is 12.1 Å². The van der Waals surface area contributed by atoms with Crippen molar-refractivity contribution in [2.75, 3.05) is 16.0 Å². The van der Waals surface area contributed by atoms with E-state index in [4.69, 9.17) is 0 Å². The molecule has 3 N–H and O–H groups in total. The molecule has 0 atom stereocenters. The molecule has 0 saturated heterocycles. The van der Waals surface area contributed by atoms with Gasteiger partial charge in [-0.2, -0.15) is 0 Å². The van der Waals surface area contributed by atoms with Crippen LogP contribution in [0, 0.1) is 6.92 Å². The number of pyridine rings is 1. The minimum Gasteiger partial charge on any atom is -0.395 e. The molecule has 0 unspecified atom stereocenters.